The lowest BCUT2D eigenvalue weighted by Crippen LogP contribution is -2.63. The van der Waals surface area contributed by atoms with Crippen LogP contribution in [0, 0.1) is 0 Å². The number of hydrogen-bond acceptors (Lipinski definition) is 5. The van der Waals surface area contributed by atoms with Crippen LogP contribution in [0.3, 0.4) is 0 Å². The summed E-state index contributed by atoms with van der Waals surface area (Å²) in [4.78, 5) is 4.73. The molecule has 0 amide bonds. The molecule has 1 aromatic rings. The molecule has 5 heteroatoms. The van der Waals surface area contributed by atoms with Gasteiger partial charge < -0.3 is 10.0 Å². The normalized spacial score (nSPS) is 28.8. The van der Waals surface area contributed by atoms with Crippen LogP contribution in [0.2, 0.25) is 0 Å². The fraction of sp³-hybridized carbons (Fsp3) is 0.765. The first kappa shape index (κ1) is 14.4. The van der Waals surface area contributed by atoms with Crippen LogP contribution in [0.1, 0.15) is 43.4 Å². The molecule has 120 valence electrons. The molecule has 4 rings (SSSR count). The minimum absolute atomic E-state index is 0.146. The molecule has 1 saturated carbocycles. The minimum Gasteiger partial charge on any atom is -0.391 e. The summed E-state index contributed by atoms with van der Waals surface area (Å²) >= 11 is 0. The predicted octanol–water partition coefficient (Wildman–Crippen LogP) is 1.39. The van der Waals surface area contributed by atoms with Crippen molar-refractivity contribution < 1.29 is 5.11 Å². The van der Waals surface area contributed by atoms with E-state index in [0.29, 0.717) is 12.1 Å². The summed E-state index contributed by atoms with van der Waals surface area (Å²) in [5.41, 5.74) is 2.59. The van der Waals surface area contributed by atoms with Crippen molar-refractivity contribution in [3.63, 3.8) is 0 Å². The second-order valence-electron chi connectivity index (χ2n) is 7.17. The number of aliphatic hydroxyl groups excluding tert-OH is 1. The van der Waals surface area contributed by atoms with Crippen LogP contribution in [-0.4, -0.2) is 58.5 Å². The minimum atomic E-state index is -0.146. The van der Waals surface area contributed by atoms with E-state index in [1.807, 2.05) is 0 Å². The molecule has 1 N–H and O–H groups in total. The lowest BCUT2D eigenvalue weighted by Gasteiger charge is -2.48. The van der Waals surface area contributed by atoms with E-state index in [9.17, 15) is 5.11 Å². The van der Waals surface area contributed by atoms with Crippen molar-refractivity contribution in [3.8, 4) is 0 Å². The smallest absolute Gasteiger partial charge is 0.151 e. The van der Waals surface area contributed by atoms with Gasteiger partial charge in [0.2, 0.25) is 0 Å². The number of aryl methyl sites for hydroxylation is 2. The van der Waals surface area contributed by atoms with E-state index in [1.165, 1.54) is 30.5 Å². The van der Waals surface area contributed by atoms with E-state index in [1.54, 1.807) is 0 Å². The van der Waals surface area contributed by atoms with Crippen LogP contribution in [0.15, 0.2) is 6.07 Å². The van der Waals surface area contributed by atoms with Gasteiger partial charge in [0.1, 0.15) is 0 Å². The Bertz CT molecular complexity index is 543. The summed E-state index contributed by atoms with van der Waals surface area (Å²) in [6, 6.07) is 3.11. The van der Waals surface area contributed by atoms with Gasteiger partial charge in [-0.15, -0.1) is 5.10 Å². The highest BCUT2D eigenvalue weighted by Crippen LogP contribution is 2.29. The molecule has 0 radical (unpaired) electrons. The number of likely N-dealkylation sites (N-methyl/N-ethyl adjacent to an activating group) is 1. The number of nitrogens with zero attached hydrogens (tertiary/aromatic N) is 4. The Balaban J connectivity index is 1.37. The molecule has 2 fully saturated rings. The van der Waals surface area contributed by atoms with Crippen LogP contribution >= 0.6 is 0 Å². The predicted molar refractivity (Wildman–Crippen MR) is 86.1 cm³/mol. The third-order valence-electron chi connectivity index (χ3n) is 5.79. The van der Waals surface area contributed by atoms with Crippen LogP contribution in [0.25, 0.3) is 0 Å². The summed E-state index contributed by atoms with van der Waals surface area (Å²) < 4.78 is 0. The van der Waals surface area contributed by atoms with Crippen molar-refractivity contribution >= 4 is 5.82 Å². The number of aromatic nitrogens is 2. The van der Waals surface area contributed by atoms with E-state index in [2.05, 4.69) is 33.1 Å². The molecule has 0 aromatic carbocycles. The van der Waals surface area contributed by atoms with Gasteiger partial charge in [-0.1, -0.05) is 12.8 Å². The zero-order valence-electron chi connectivity index (χ0n) is 13.4. The first-order valence-corrected chi connectivity index (χ1v) is 8.73. The lowest BCUT2D eigenvalue weighted by molar-refractivity contribution is 0.00675. The van der Waals surface area contributed by atoms with E-state index in [4.69, 9.17) is 0 Å². The Kier molecular flexibility index (Phi) is 3.78. The molecular formula is C17H26N4O. The Hall–Kier alpha value is -1.20. The van der Waals surface area contributed by atoms with Gasteiger partial charge in [-0.05, 0) is 50.8 Å². The number of anilines is 1. The van der Waals surface area contributed by atoms with Gasteiger partial charge >= 0.3 is 0 Å². The van der Waals surface area contributed by atoms with Crippen molar-refractivity contribution in [2.75, 3.05) is 25.0 Å². The SMILES string of the molecule is CN(C1CN(c2cc3c(nn2)CCC3)C1)C1CCCCC1O. The highest BCUT2D eigenvalue weighted by atomic mass is 16.3. The maximum absolute atomic E-state index is 10.2. The fourth-order valence-corrected chi connectivity index (χ4v) is 4.21. The third kappa shape index (κ3) is 2.50. The molecule has 2 unspecified atom stereocenters. The van der Waals surface area contributed by atoms with E-state index < -0.39 is 0 Å². The molecule has 0 spiro atoms. The van der Waals surface area contributed by atoms with Crippen molar-refractivity contribution in [2.45, 2.75) is 63.1 Å². The summed E-state index contributed by atoms with van der Waals surface area (Å²) in [5, 5.41) is 19.0. The van der Waals surface area contributed by atoms with E-state index >= 15 is 0 Å². The monoisotopic (exact) mass is 302 g/mol. The maximum atomic E-state index is 10.2. The second kappa shape index (κ2) is 5.78. The topological polar surface area (TPSA) is 52.5 Å². The zero-order chi connectivity index (χ0) is 15.1. The fourth-order valence-electron chi connectivity index (χ4n) is 4.21. The molecule has 3 aliphatic rings. The van der Waals surface area contributed by atoms with Crippen LogP contribution < -0.4 is 4.90 Å². The average Bonchev–Trinajstić information content (AvgIpc) is 2.93. The molecule has 0 bridgehead atoms. The second-order valence-corrected chi connectivity index (χ2v) is 7.17. The van der Waals surface area contributed by atoms with Crippen molar-refractivity contribution in [3.05, 3.63) is 17.3 Å². The summed E-state index contributed by atoms with van der Waals surface area (Å²) in [6.45, 7) is 2.01. The van der Waals surface area contributed by atoms with Gasteiger partial charge in [0, 0.05) is 25.2 Å². The lowest BCUT2D eigenvalue weighted by atomic mass is 9.90. The first-order chi connectivity index (χ1) is 10.7. The number of hydrogen-bond donors (Lipinski definition) is 1. The van der Waals surface area contributed by atoms with Gasteiger partial charge in [0.15, 0.2) is 5.82 Å². The molecule has 22 heavy (non-hydrogen) atoms. The Morgan fingerprint density at radius 2 is 1.95 bits per heavy atom. The number of aliphatic hydroxyl groups is 1. The highest BCUT2D eigenvalue weighted by Gasteiger charge is 2.37. The van der Waals surface area contributed by atoms with Crippen molar-refractivity contribution in [1.29, 1.82) is 0 Å². The average molecular weight is 302 g/mol. The first-order valence-electron chi connectivity index (χ1n) is 8.73. The quantitative estimate of drug-likeness (QED) is 0.914. The van der Waals surface area contributed by atoms with Crippen LogP contribution in [0.5, 0.6) is 0 Å². The van der Waals surface area contributed by atoms with Crippen molar-refractivity contribution in [1.82, 2.24) is 15.1 Å². The molecular weight excluding hydrogens is 276 g/mol. The molecule has 1 aliphatic heterocycles. The molecule has 1 saturated heterocycles. The Morgan fingerprint density at radius 3 is 2.77 bits per heavy atom. The van der Waals surface area contributed by atoms with Gasteiger partial charge in [-0.2, -0.15) is 5.10 Å². The van der Waals surface area contributed by atoms with Gasteiger partial charge in [0.05, 0.1) is 11.8 Å². The standard InChI is InChI=1S/C17H26N4O/c1-20(15-7-2-3-8-16(15)22)13-10-21(11-13)17-9-12-5-4-6-14(12)18-19-17/h9,13,15-16,22H,2-8,10-11H2,1H3. The molecule has 2 aliphatic carbocycles. The Labute approximate surface area is 132 Å². The summed E-state index contributed by atoms with van der Waals surface area (Å²) in [7, 11) is 2.18. The maximum Gasteiger partial charge on any atom is 0.151 e. The van der Waals surface area contributed by atoms with Gasteiger partial charge in [0.25, 0.3) is 0 Å². The third-order valence-corrected chi connectivity index (χ3v) is 5.79. The number of fused-ring (bicyclic) bond motifs is 1. The van der Waals surface area contributed by atoms with Gasteiger partial charge in [-0.3, -0.25) is 4.90 Å². The molecule has 2 heterocycles. The van der Waals surface area contributed by atoms with Crippen molar-refractivity contribution in [2.24, 2.45) is 0 Å². The van der Waals surface area contributed by atoms with Crippen LogP contribution in [-0.2, 0) is 12.8 Å². The molecule has 2 atom stereocenters. The van der Waals surface area contributed by atoms with E-state index in [-0.39, 0.29) is 6.10 Å². The zero-order valence-corrected chi connectivity index (χ0v) is 13.4. The molecule has 1 aromatic heterocycles. The van der Waals surface area contributed by atoms with E-state index in [0.717, 1.165) is 44.6 Å². The Morgan fingerprint density at radius 1 is 1.14 bits per heavy atom. The van der Waals surface area contributed by atoms with Gasteiger partial charge in [-0.25, -0.2) is 0 Å². The highest BCUT2D eigenvalue weighted by molar-refractivity contribution is 5.45. The summed E-state index contributed by atoms with van der Waals surface area (Å²) in [6.07, 6.45) is 7.84. The largest absolute Gasteiger partial charge is 0.391 e. The van der Waals surface area contributed by atoms with Crippen LogP contribution in [0.4, 0.5) is 5.82 Å². The summed E-state index contributed by atoms with van der Waals surface area (Å²) in [5.74, 6) is 1.04. The number of rotatable bonds is 3. The molecule has 5 nitrogen and oxygen atoms in total.